The first kappa shape index (κ1) is 21.6. The highest BCUT2D eigenvalue weighted by Gasteiger charge is 2.22. The molecule has 2 aromatic carbocycles. The zero-order valence-electron chi connectivity index (χ0n) is 15.9. The fourth-order valence-corrected chi connectivity index (χ4v) is 3.75. The van der Waals surface area contributed by atoms with Crippen LogP contribution in [0.15, 0.2) is 47.4 Å². The van der Waals surface area contributed by atoms with Gasteiger partial charge in [0.15, 0.2) is 15.9 Å². The maximum absolute atomic E-state index is 12.9. The van der Waals surface area contributed by atoms with Crippen LogP contribution >= 0.6 is 0 Å². The number of hydrogen-bond acceptors (Lipinski definition) is 5. The van der Waals surface area contributed by atoms with E-state index in [9.17, 15) is 22.4 Å². The third-order valence-corrected chi connectivity index (χ3v) is 5.89. The van der Waals surface area contributed by atoms with E-state index < -0.39 is 45.8 Å². The molecule has 1 atom stereocenters. The number of carbonyl (C=O) groups is 2. The maximum Gasteiger partial charge on any atom is 0.307 e. The molecule has 150 valence electrons. The maximum atomic E-state index is 12.9. The van der Waals surface area contributed by atoms with E-state index in [0.29, 0.717) is 5.69 Å². The number of sulfone groups is 1. The van der Waals surface area contributed by atoms with Crippen LogP contribution in [0.2, 0.25) is 0 Å². The zero-order valence-corrected chi connectivity index (χ0v) is 16.7. The summed E-state index contributed by atoms with van der Waals surface area (Å²) >= 11 is 0. The molecule has 0 spiro atoms. The summed E-state index contributed by atoms with van der Waals surface area (Å²) in [5.41, 5.74) is 2.39. The van der Waals surface area contributed by atoms with Crippen molar-refractivity contribution in [1.82, 2.24) is 0 Å². The summed E-state index contributed by atoms with van der Waals surface area (Å²) in [7, 11) is -3.76. The van der Waals surface area contributed by atoms with Crippen LogP contribution in [0, 0.1) is 19.7 Å². The predicted octanol–water partition coefficient (Wildman–Crippen LogP) is 3.18. The zero-order chi connectivity index (χ0) is 20.9. The van der Waals surface area contributed by atoms with Gasteiger partial charge >= 0.3 is 5.97 Å². The van der Waals surface area contributed by atoms with Crippen LogP contribution in [0.5, 0.6) is 0 Å². The Bertz CT molecular complexity index is 950. The molecule has 0 aromatic heterocycles. The monoisotopic (exact) mass is 407 g/mol. The van der Waals surface area contributed by atoms with Crippen molar-refractivity contribution in [2.75, 3.05) is 11.1 Å². The second-order valence-corrected chi connectivity index (χ2v) is 8.52. The Morgan fingerprint density at radius 1 is 1.07 bits per heavy atom. The Balaban J connectivity index is 1.91. The third kappa shape index (κ3) is 5.63. The van der Waals surface area contributed by atoms with Crippen molar-refractivity contribution in [1.29, 1.82) is 0 Å². The Hall–Kier alpha value is -2.74. The number of hydrogen-bond donors (Lipinski definition) is 1. The summed E-state index contributed by atoms with van der Waals surface area (Å²) in [6, 6.07) is 9.90. The fraction of sp³-hybridized carbons (Fsp3) is 0.300. The quantitative estimate of drug-likeness (QED) is 0.562. The van der Waals surface area contributed by atoms with Crippen LogP contribution in [0.3, 0.4) is 0 Å². The highest BCUT2D eigenvalue weighted by atomic mass is 32.2. The molecule has 0 heterocycles. The lowest BCUT2D eigenvalue weighted by atomic mass is 10.1. The average Bonchev–Trinajstić information content (AvgIpc) is 2.63. The van der Waals surface area contributed by atoms with Gasteiger partial charge in [0, 0.05) is 5.69 Å². The minimum Gasteiger partial charge on any atom is -0.453 e. The van der Waals surface area contributed by atoms with Crippen molar-refractivity contribution < 1.29 is 27.1 Å². The van der Waals surface area contributed by atoms with Gasteiger partial charge in [-0.2, -0.15) is 0 Å². The molecular weight excluding hydrogens is 385 g/mol. The van der Waals surface area contributed by atoms with E-state index in [2.05, 4.69) is 5.32 Å². The van der Waals surface area contributed by atoms with Gasteiger partial charge in [0.2, 0.25) is 0 Å². The molecule has 28 heavy (non-hydrogen) atoms. The third-order valence-electron chi connectivity index (χ3n) is 4.15. The van der Waals surface area contributed by atoms with Crippen molar-refractivity contribution in [3.8, 4) is 0 Å². The number of anilines is 1. The van der Waals surface area contributed by atoms with Gasteiger partial charge < -0.3 is 10.1 Å². The molecule has 0 bridgehead atoms. The minimum atomic E-state index is -3.76. The first-order chi connectivity index (χ1) is 13.1. The largest absolute Gasteiger partial charge is 0.453 e. The van der Waals surface area contributed by atoms with E-state index in [1.807, 2.05) is 32.0 Å². The summed E-state index contributed by atoms with van der Waals surface area (Å²) in [6.45, 7) is 5.11. The van der Waals surface area contributed by atoms with Gasteiger partial charge in [-0.15, -0.1) is 0 Å². The van der Waals surface area contributed by atoms with Crippen molar-refractivity contribution in [2.24, 2.45) is 0 Å². The molecule has 0 radical (unpaired) electrons. The molecule has 2 aromatic rings. The lowest BCUT2D eigenvalue weighted by Gasteiger charge is -2.16. The molecule has 0 aliphatic carbocycles. The Morgan fingerprint density at radius 2 is 1.64 bits per heavy atom. The highest BCUT2D eigenvalue weighted by molar-refractivity contribution is 7.91. The van der Waals surface area contributed by atoms with E-state index in [1.165, 1.54) is 6.92 Å². The second kappa shape index (κ2) is 8.97. The van der Waals surface area contributed by atoms with Crippen molar-refractivity contribution in [3.63, 3.8) is 0 Å². The number of carbonyl (C=O) groups excluding carboxylic acids is 2. The fourth-order valence-electron chi connectivity index (χ4n) is 2.52. The number of benzene rings is 2. The summed E-state index contributed by atoms with van der Waals surface area (Å²) in [6.07, 6.45) is -1.50. The van der Waals surface area contributed by atoms with Crippen LogP contribution in [-0.2, 0) is 24.2 Å². The SMILES string of the molecule is Cc1cccc(C)c1NC(=O)[C@H](C)OC(=O)CCS(=O)(=O)c1ccc(F)cc1. The highest BCUT2D eigenvalue weighted by Crippen LogP contribution is 2.20. The molecule has 8 heteroatoms. The van der Waals surface area contributed by atoms with Crippen molar-refractivity contribution in [2.45, 2.75) is 38.2 Å². The number of ether oxygens (including phenoxy) is 1. The molecule has 0 aliphatic rings. The number of esters is 1. The van der Waals surface area contributed by atoms with E-state index >= 15 is 0 Å². The van der Waals surface area contributed by atoms with Gasteiger partial charge in [0.25, 0.3) is 5.91 Å². The Morgan fingerprint density at radius 3 is 2.21 bits per heavy atom. The predicted molar refractivity (Wildman–Crippen MR) is 103 cm³/mol. The number of aryl methyl sites for hydroxylation is 2. The summed E-state index contributed by atoms with van der Waals surface area (Å²) in [5.74, 6) is -2.37. The number of rotatable bonds is 7. The average molecular weight is 407 g/mol. The molecule has 0 saturated heterocycles. The van der Waals surface area contributed by atoms with Crippen LogP contribution < -0.4 is 5.32 Å². The lowest BCUT2D eigenvalue weighted by Crippen LogP contribution is -2.31. The van der Waals surface area contributed by atoms with Gasteiger partial charge in [-0.1, -0.05) is 18.2 Å². The Labute approximate surface area is 163 Å². The summed E-state index contributed by atoms with van der Waals surface area (Å²) in [4.78, 5) is 24.1. The van der Waals surface area contributed by atoms with Gasteiger partial charge in [0.05, 0.1) is 17.1 Å². The minimum absolute atomic E-state index is 0.0810. The van der Waals surface area contributed by atoms with Crippen LogP contribution in [0.4, 0.5) is 10.1 Å². The topological polar surface area (TPSA) is 89.5 Å². The standard InChI is InChI=1S/C20H22FNO5S/c1-13-5-4-6-14(2)19(13)22-20(24)15(3)27-18(23)11-12-28(25,26)17-9-7-16(21)8-10-17/h4-10,15H,11-12H2,1-3H3,(H,22,24)/t15-/m0/s1. The molecule has 1 N–H and O–H groups in total. The number of amides is 1. The van der Waals surface area contributed by atoms with Crippen LogP contribution in [0.25, 0.3) is 0 Å². The summed E-state index contributed by atoms with van der Waals surface area (Å²) < 4.78 is 42.3. The molecular formula is C20H22FNO5S. The van der Waals surface area contributed by atoms with Gasteiger partial charge in [0.1, 0.15) is 5.82 Å². The number of halogens is 1. The van der Waals surface area contributed by atoms with Gasteiger partial charge in [-0.25, -0.2) is 12.8 Å². The summed E-state index contributed by atoms with van der Waals surface area (Å²) in [5, 5.41) is 2.72. The van der Waals surface area contributed by atoms with Crippen LogP contribution in [0.1, 0.15) is 24.5 Å². The molecule has 0 saturated carbocycles. The van der Waals surface area contributed by atoms with Gasteiger partial charge in [-0.05, 0) is 56.2 Å². The normalized spacial score (nSPS) is 12.3. The second-order valence-electron chi connectivity index (χ2n) is 6.41. The molecule has 0 fully saturated rings. The van der Waals surface area contributed by atoms with Crippen molar-refractivity contribution >= 4 is 27.4 Å². The number of nitrogens with one attached hydrogen (secondary N) is 1. The number of para-hydroxylation sites is 1. The lowest BCUT2D eigenvalue weighted by molar-refractivity contribution is -0.152. The van der Waals surface area contributed by atoms with E-state index in [1.54, 1.807) is 0 Å². The smallest absolute Gasteiger partial charge is 0.307 e. The first-order valence-electron chi connectivity index (χ1n) is 8.65. The Kier molecular flexibility index (Phi) is 6.90. The van der Waals surface area contributed by atoms with Gasteiger partial charge in [-0.3, -0.25) is 9.59 Å². The molecule has 0 aliphatic heterocycles. The van der Waals surface area contributed by atoms with E-state index in [-0.39, 0.29) is 4.90 Å². The van der Waals surface area contributed by atoms with E-state index in [0.717, 1.165) is 35.4 Å². The van der Waals surface area contributed by atoms with Crippen molar-refractivity contribution in [3.05, 3.63) is 59.4 Å². The molecule has 0 unspecified atom stereocenters. The molecule has 6 nitrogen and oxygen atoms in total. The first-order valence-corrected chi connectivity index (χ1v) is 10.3. The van der Waals surface area contributed by atoms with E-state index in [4.69, 9.17) is 4.74 Å². The molecule has 1 amide bonds. The molecule has 2 rings (SSSR count). The van der Waals surface area contributed by atoms with Crippen LogP contribution in [-0.4, -0.2) is 32.2 Å².